The zero-order valence-electron chi connectivity index (χ0n) is 11.3. The van der Waals surface area contributed by atoms with Crippen molar-refractivity contribution < 1.29 is 9.18 Å². The van der Waals surface area contributed by atoms with E-state index in [1.807, 2.05) is 6.92 Å². The number of anilines is 2. The second kappa shape index (κ2) is 7.07. The zero-order chi connectivity index (χ0) is 14.7. The maximum absolute atomic E-state index is 13.0. The Morgan fingerprint density at radius 3 is 2.52 bits per heavy atom. The highest BCUT2D eigenvalue weighted by atomic mass is 32.1. The van der Waals surface area contributed by atoms with Crippen LogP contribution in [0.1, 0.15) is 38.0 Å². The van der Waals surface area contributed by atoms with Crippen molar-refractivity contribution in [1.82, 2.24) is 15.0 Å². The van der Waals surface area contributed by atoms with Crippen molar-refractivity contribution in [3.05, 3.63) is 28.0 Å². The fourth-order valence-electron chi connectivity index (χ4n) is 1.59. The maximum Gasteiger partial charge on any atom is 0.234 e. The summed E-state index contributed by atoms with van der Waals surface area (Å²) in [6.45, 7) is 4.96. The Morgan fingerprint density at radius 2 is 1.95 bits per heavy atom. The molecule has 2 aromatic rings. The smallest absolute Gasteiger partial charge is 0.234 e. The Morgan fingerprint density at radius 1 is 1.29 bits per heavy atom. The Bertz CT molecular complexity index is 631. The molecule has 0 saturated carbocycles. The number of carbonyl (C=O) groups excluding carboxylic acids is 1. The summed E-state index contributed by atoms with van der Waals surface area (Å²) in [7, 11) is 0. The van der Waals surface area contributed by atoms with Crippen molar-refractivity contribution in [3.63, 3.8) is 0 Å². The molecule has 1 amide bonds. The van der Waals surface area contributed by atoms with Gasteiger partial charge in [-0.15, -0.1) is 11.3 Å². The maximum atomic E-state index is 13.0. The number of hydrogen-bond donors (Lipinski definition) is 2. The average Bonchev–Trinajstić information content (AvgIpc) is 2.74. The number of hydrogen-bond acceptors (Lipinski definition) is 6. The Hall–Kier alpha value is -2.09. The summed E-state index contributed by atoms with van der Waals surface area (Å²) in [4.78, 5) is 24.1. The molecule has 0 spiro atoms. The van der Waals surface area contributed by atoms with Crippen molar-refractivity contribution in [2.24, 2.45) is 0 Å². The summed E-state index contributed by atoms with van der Waals surface area (Å²) >= 11 is 1.06. The van der Waals surface area contributed by atoms with Crippen LogP contribution in [-0.2, 0) is 4.79 Å². The molecule has 1 atom stereocenters. The first-order valence-corrected chi connectivity index (χ1v) is 6.77. The molecule has 2 rings (SSSR count). The first-order chi connectivity index (χ1) is 9.44. The van der Waals surface area contributed by atoms with Crippen LogP contribution in [0, 0.1) is 12.1 Å². The van der Waals surface area contributed by atoms with E-state index in [0.29, 0.717) is 11.8 Å². The van der Waals surface area contributed by atoms with Gasteiger partial charge in [0.2, 0.25) is 17.8 Å². The number of amides is 1. The fourth-order valence-corrected chi connectivity index (χ4v) is 2.32. The van der Waals surface area contributed by atoms with Gasteiger partial charge in [-0.3, -0.25) is 10.1 Å². The van der Waals surface area contributed by atoms with Gasteiger partial charge < -0.3 is 5.32 Å². The molecule has 0 fully saturated rings. The summed E-state index contributed by atoms with van der Waals surface area (Å²) in [5.74, 6) is 0.755. The first kappa shape index (κ1) is 17.0. The van der Waals surface area contributed by atoms with Crippen LogP contribution in [0.5, 0.6) is 0 Å². The number of aromatic nitrogens is 3. The van der Waals surface area contributed by atoms with Gasteiger partial charge in [0.15, 0.2) is 5.13 Å². The van der Waals surface area contributed by atoms with E-state index in [9.17, 15) is 9.18 Å². The van der Waals surface area contributed by atoms with Gasteiger partial charge in [0, 0.05) is 11.8 Å². The van der Waals surface area contributed by atoms with Crippen molar-refractivity contribution in [2.45, 2.75) is 34.2 Å². The van der Waals surface area contributed by atoms with Crippen molar-refractivity contribution in [3.8, 4) is 0 Å². The Labute approximate surface area is 126 Å². The number of nitrogens with zero attached hydrogens (tertiary/aromatic N) is 3. The Kier molecular flexibility index (Phi) is 5.71. The van der Waals surface area contributed by atoms with Gasteiger partial charge in [-0.25, -0.2) is 0 Å². The van der Waals surface area contributed by atoms with E-state index in [2.05, 4.69) is 25.6 Å². The van der Waals surface area contributed by atoms with Crippen LogP contribution in [-0.4, -0.2) is 20.9 Å². The highest BCUT2D eigenvalue weighted by Crippen LogP contribution is 2.24. The van der Waals surface area contributed by atoms with Gasteiger partial charge in [0.1, 0.15) is 5.82 Å². The highest BCUT2D eigenvalue weighted by molar-refractivity contribution is 7.10. The summed E-state index contributed by atoms with van der Waals surface area (Å²) in [5, 5.41) is 5.32. The molecule has 2 heterocycles. The molecule has 0 saturated heterocycles. The van der Waals surface area contributed by atoms with Crippen LogP contribution >= 0.6 is 11.3 Å². The Balaban J connectivity index is 0.00000220. The number of rotatable bonds is 4. The van der Waals surface area contributed by atoms with E-state index >= 15 is 0 Å². The second-order valence-electron chi connectivity index (χ2n) is 4.22. The summed E-state index contributed by atoms with van der Waals surface area (Å²) in [6, 6.07) is 2.98. The van der Waals surface area contributed by atoms with Crippen LogP contribution in [0.2, 0.25) is 0 Å². The quantitative estimate of drug-likeness (QED) is 0.906. The zero-order valence-corrected chi connectivity index (χ0v) is 12.1. The van der Waals surface area contributed by atoms with E-state index in [1.54, 1.807) is 13.0 Å². The minimum absolute atomic E-state index is 0. The summed E-state index contributed by atoms with van der Waals surface area (Å²) in [6.07, 6.45) is 0. The lowest BCUT2D eigenvalue weighted by Crippen LogP contribution is -2.14. The monoisotopic (exact) mass is 311 g/mol. The lowest BCUT2D eigenvalue weighted by atomic mass is 10.3. The first-order valence-electron chi connectivity index (χ1n) is 5.96. The van der Waals surface area contributed by atoms with Gasteiger partial charge in [-0.2, -0.15) is 19.3 Å². The molecule has 0 aliphatic rings. The van der Waals surface area contributed by atoms with Crippen molar-refractivity contribution in [2.75, 3.05) is 10.6 Å². The van der Waals surface area contributed by atoms with Crippen LogP contribution in [0.15, 0.2) is 12.1 Å². The average molecular weight is 311 g/mol. The molecule has 1 unspecified atom stereocenters. The number of carbonyl (C=O) groups is 1. The van der Waals surface area contributed by atoms with Crippen LogP contribution < -0.4 is 10.6 Å². The largest absolute Gasteiger partial charge is 0.347 e. The van der Waals surface area contributed by atoms with Gasteiger partial charge in [-0.1, -0.05) is 7.43 Å². The molecule has 21 heavy (non-hydrogen) atoms. The van der Waals surface area contributed by atoms with Gasteiger partial charge in [0.05, 0.1) is 6.04 Å². The molecule has 2 N–H and O–H groups in total. The normalized spacial score (nSPS) is 11.4. The summed E-state index contributed by atoms with van der Waals surface area (Å²) < 4.78 is 13.0. The lowest BCUT2D eigenvalue weighted by Gasteiger charge is -2.12. The van der Waals surface area contributed by atoms with E-state index in [-0.39, 0.29) is 30.5 Å². The number of aryl methyl sites for hydroxylation is 1. The van der Waals surface area contributed by atoms with Gasteiger partial charge in [0.25, 0.3) is 0 Å². The predicted molar refractivity (Wildman–Crippen MR) is 81.9 cm³/mol. The lowest BCUT2D eigenvalue weighted by molar-refractivity contribution is -0.114. The van der Waals surface area contributed by atoms with E-state index in [0.717, 1.165) is 16.2 Å². The molecule has 2 aromatic heterocycles. The SMILES string of the molecule is C.CC(=O)Nc1nc(C)nc(NC(C)c2ccc(F)s2)n1. The molecule has 0 aliphatic heterocycles. The third-order valence-electron chi connectivity index (χ3n) is 2.40. The summed E-state index contributed by atoms with van der Waals surface area (Å²) in [5.41, 5.74) is 0. The molecular weight excluding hydrogens is 293 g/mol. The molecule has 0 aliphatic carbocycles. The standard InChI is InChI=1S/C12H14FN5OS.CH4/c1-6(9-4-5-10(13)20-9)14-11-15-7(2)16-12(18-11)17-8(3)19;/h4-6H,1-3H3,(H2,14,15,16,17,18,19);1H4. The van der Waals surface area contributed by atoms with E-state index < -0.39 is 0 Å². The van der Waals surface area contributed by atoms with Gasteiger partial charge in [-0.05, 0) is 26.0 Å². The van der Waals surface area contributed by atoms with E-state index in [4.69, 9.17) is 0 Å². The molecular formula is C13H18FN5OS. The third kappa shape index (κ3) is 4.75. The van der Waals surface area contributed by atoms with Crippen LogP contribution in [0.25, 0.3) is 0 Å². The minimum atomic E-state index is -0.255. The predicted octanol–water partition coefficient (Wildman–Crippen LogP) is 3.15. The minimum Gasteiger partial charge on any atom is -0.347 e. The third-order valence-corrected chi connectivity index (χ3v) is 3.46. The fraction of sp³-hybridized carbons (Fsp3) is 0.385. The number of nitrogens with one attached hydrogen (secondary N) is 2. The van der Waals surface area contributed by atoms with Crippen molar-refractivity contribution in [1.29, 1.82) is 0 Å². The molecule has 0 aromatic carbocycles. The van der Waals surface area contributed by atoms with E-state index in [1.165, 1.54) is 13.0 Å². The second-order valence-corrected chi connectivity index (χ2v) is 5.28. The molecule has 0 bridgehead atoms. The number of thiophene rings is 1. The van der Waals surface area contributed by atoms with Crippen molar-refractivity contribution >= 4 is 29.1 Å². The number of halogens is 1. The topological polar surface area (TPSA) is 79.8 Å². The molecule has 6 nitrogen and oxygen atoms in total. The van der Waals surface area contributed by atoms with Crippen LogP contribution in [0.4, 0.5) is 16.3 Å². The highest BCUT2D eigenvalue weighted by Gasteiger charge is 2.12. The van der Waals surface area contributed by atoms with Crippen LogP contribution in [0.3, 0.4) is 0 Å². The molecule has 114 valence electrons. The van der Waals surface area contributed by atoms with Gasteiger partial charge >= 0.3 is 0 Å². The molecule has 8 heteroatoms. The molecule has 0 radical (unpaired) electrons.